The number of ketones is 1. The number of halogens is 1. The number of hydrogen-bond acceptors (Lipinski definition) is 5. The minimum Gasteiger partial charge on any atom is -0.465 e. The lowest BCUT2D eigenvalue weighted by molar-refractivity contribution is 0.0600. The van der Waals surface area contributed by atoms with E-state index in [1.807, 2.05) is 0 Å². The van der Waals surface area contributed by atoms with Crippen molar-refractivity contribution in [3.05, 3.63) is 110 Å². The lowest BCUT2D eigenvalue weighted by atomic mass is 10.1. The molecule has 0 spiro atoms. The fourth-order valence-corrected chi connectivity index (χ4v) is 3.63. The van der Waals surface area contributed by atoms with Crippen LogP contribution in [0.25, 0.3) is 16.6 Å². The Morgan fingerprint density at radius 2 is 1.56 bits per heavy atom. The second-order valence-electron chi connectivity index (χ2n) is 6.97. The summed E-state index contributed by atoms with van der Waals surface area (Å²) in [5.41, 5.74) is -0.521. The molecule has 7 nitrogen and oxygen atoms in total. The number of para-hydroxylation sites is 2. The highest BCUT2D eigenvalue weighted by molar-refractivity contribution is 6.30. The van der Waals surface area contributed by atoms with Gasteiger partial charge in [-0.2, -0.15) is 0 Å². The molecule has 8 heteroatoms. The van der Waals surface area contributed by atoms with Crippen molar-refractivity contribution in [3.63, 3.8) is 0 Å². The second kappa shape index (κ2) is 8.64. The first-order chi connectivity index (χ1) is 15.4. The van der Waals surface area contributed by atoms with Gasteiger partial charge in [-0.05, 0) is 48.5 Å². The first kappa shape index (κ1) is 21.3. The van der Waals surface area contributed by atoms with Crippen molar-refractivity contribution < 1.29 is 14.3 Å². The van der Waals surface area contributed by atoms with E-state index >= 15 is 0 Å². The number of ether oxygens (including phenoxy) is 1. The topological polar surface area (TPSA) is 87.4 Å². The van der Waals surface area contributed by atoms with E-state index in [-0.39, 0.29) is 29.0 Å². The molecule has 0 atom stereocenters. The first-order valence-electron chi connectivity index (χ1n) is 9.63. The number of carbonyl (C=O) groups is 2. The molecule has 4 aromatic rings. The van der Waals surface area contributed by atoms with Crippen molar-refractivity contribution in [1.82, 2.24) is 9.13 Å². The van der Waals surface area contributed by atoms with Crippen LogP contribution >= 0.6 is 11.6 Å². The van der Waals surface area contributed by atoms with Crippen LogP contribution in [0.15, 0.2) is 82.4 Å². The minimum absolute atomic E-state index is 0.0556. The molecule has 1 aromatic heterocycles. The highest BCUT2D eigenvalue weighted by Gasteiger charge is 2.21. The van der Waals surface area contributed by atoms with Crippen LogP contribution < -0.4 is 11.2 Å². The number of fused-ring (bicyclic) bond motifs is 1. The van der Waals surface area contributed by atoms with Crippen LogP contribution in [0.1, 0.15) is 20.7 Å². The number of aromatic nitrogens is 2. The lowest BCUT2D eigenvalue weighted by Crippen LogP contribution is -2.40. The molecule has 0 aliphatic heterocycles. The van der Waals surface area contributed by atoms with E-state index in [4.69, 9.17) is 16.3 Å². The smallest absolute Gasteiger partial charge is 0.339 e. The Balaban J connectivity index is 1.97. The van der Waals surface area contributed by atoms with Gasteiger partial charge in [-0.3, -0.25) is 14.2 Å². The summed E-state index contributed by atoms with van der Waals surface area (Å²) < 4.78 is 6.92. The van der Waals surface area contributed by atoms with Gasteiger partial charge in [0.1, 0.15) is 0 Å². The fourth-order valence-electron chi connectivity index (χ4n) is 3.51. The van der Waals surface area contributed by atoms with Crippen molar-refractivity contribution in [2.75, 3.05) is 7.11 Å². The van der Waals surface area contributed by atoms with E-state index in [1.54, 1.807) is 60.7 Å². The molecule has 1 heterocycles. The Bertz CT molecular complexity index is 1470. The van der Waals surface area contributed by atoms with Crippen LogP contribution in [0.5, 0.6) is 0 Å². The monoisotopic (exact) mass is 448 g/mol. The molecule has 0 radical (unpaired) electrons. The third-order valence-corrected chi connectivity index (χ3v) is 5.32. The van der Waals surface area contributed by atoms with E-state index < -0.39 is 17.2 Å². The van der Waals surface area contributed by atoms with Crippen LogP contribution in [0, 0.1) is 0 Å². The summed E-state index contributed by atoms with van der Waals surface area (Å²) in [4.78, 5) is 51.9. The van der Waals surface area contributed by atoms with Crippen LogP contribution in [0.4, 0.5) is 0 Å². The number of nitrogens with zero attached hydrogens (tertiary/aromatic N) is 2. The van der Waals surface area contributed by atoms with E-state index in [2.05, 4.69) is 0 Å². The molecule has 4 rings (SSSR count). The number of esters is 1. The average Bonchev–Trinajstić information content (AvgIpc) is 2.82. The zero-order valence-electron chi connectivity index (χ0n) is 16.9. The largest absolute Gasteiger partial charge is 0.465 e. The van der Waals surface area contributed by atoms with Gasteiger partial charge in [-0.25, -0.2) is 14.2 Å². The average molecular weight is 449 g/mol. The predicted molar refractivity (Wildman–Crippen MR) is 121 cm³/mol. The van der Waals surface area contributed by atoms with Gasteiger partial charge in [-0.1, -0.05) is 35.9 Å². The zero-order valence-corrected chi connectivity index (χ0v) is 17.7. The van der Waals surface area contributed by atoms with Crippen LogP contribution in [0.2, 0.25) is 5.02 Å². The van der Waals surface area contributed by atoms with Crippen molar-refractivity contribution in [1.29, 1.82) is 0 Å². The van der Waals surface area contributed by atoms with Crippen molar-refractivity contribution >= 4 is 34.3 Å². The van der Waals surface area contributed by atoms with E-state index in [1.165, 1.54) is 23.8 Å². The Morgan fingerprint density at radius 3 is 2.28 bits per heavy atom. The van der Waals surface area contributed by atoms with Gasteiger partial charge in [0.15, 0.2) is 5.78 Å². The summed E-state index contributed by atoms with van der Waals surface area (Å²) in [5.74, 6) is -1.02. The Morgan fingerprint density at radius 1 is 0.906 bits per heavy atom. The molecule has 160 valence electrons. The molecule has 0 N–H and O–H groups in total. The van der Waals surface area contributed by atoms with Crippen LogP contribution in [-0.4, -0.2) is 28.0 Å². The van der Waals surface area contributed by atoms with Crippen molar-refractivity contribution in [2.24, 2.45) is 0 Å². The zero-order chi connectivity index (χ0) is 22.8. The molecule has 0 amide bonds. The van der Waals surface area contributed by atoms with E-state index in [9.17, 15) is 19.2 Å². The molecule has 0 aliphatic rings. The molecular weight excluding hydrogens is 432 g/mol. The number of Topliss-reactive ketones (excluding diaryl/α,β-unsaturated/α-hetero) is 1. The summed E-state index contributed by atoms with van der Waals surface area (Å²) in [6, 6.07) is 19.0. The maximum absolute atomic E-state index is 13.5. The predicted octanol–water partition coefficient (Wildman–Crippen LogP) is 3.48. The van der Waals surface area contributed by atoms with Crippen molar-refractivity contribution in [2.45, 2.75) is 6.54 Å². The maximum Gasteiger partial charge on any atom is 0.339 e. The number of hydrogen-bond donors (Lipinski definition) is 0. The minimum atomic E-state index is -0.743. The van der Waals surface area contributed by atoms with Crippen molar-refractivity contribution in [3.8, 4) is 5.69 Å². The third kappa shape index (κ3) is 3.74. The summed E-state index contributed by atoms with van der Waals surface area (Å²) >= 11 is 5.90. The molecule has 3 aromatic carbocycles. The maximum atomic E-state index is 13.5. The molecule has 0 bridgehead atoms. The number of methoxy groups -OCH3 is 1. The number of benzene rings is 3. The normalized spacial score (nSPS) is 10.8. The Hall–Kier alpha value is -3.97. The Labute approximate surface area is 187 Å². The fraction of sp³-hybridized carbons (Fsp3) is 0.0833. The van der Waals surface area contributed by atoms with E-state index in [0.717, 1.165) is 4.57 Å². The quantitative estimate of drug-likeness (QED) is 0.344. The summed E-state index contributed by atoms with van der Waals surface area (Å²) in [5, 5.41) is 0.716. The van der Waals surface area contributed by atoms with Crippen LogP contribution in [0.3, 0.4) is 0 Å². The van der Waals surface area contributed by atoms with Gasteiger partial charge in [-0.15, -0.1) is 0 Å². The standard InChI is InChI=1S/C24H17ClN2O5/c1-32-23(30)18-7-3-5-9-20(18)27-22(29)17-6-2-4-8-19(17)26(24(27)31)14-21(28)15-10-12-16(25)13-11-15/h2-13H,14H2,1H3. The SMILES string of the molecule is COC(=O)c1ccccc1-n1c(=O)c2ccccc2n(CC(=O)c2ccc(Cl)cc2)c1=O. The number of rotatable bonds is 5. The molecule has 0 saturated carbocycles. The van der Waals surface area contributed by atoms with Gasteiger partial charge >= 0.3 is 11.7 Å². The third-order valence-electron chi connectivity index (χ3n) is 5.07. The summed E-state index contributed by atoms with van der Waals surface area (Å²) in [7, 11) is 1.21. The number of carbonyl (C=O) groups excluding carboxylic acids is 2. The highest BCUT2D eigenvalue weighted by Crippen LogP contribution is 2.16. The molecule has 0 fully saturated rings. The van der Waals surface area contributed by atoms with Crippen LogP contribution in [-0.2, 0) is 11.3 Å². The van der Waals surface area contributed by atoms with Gasteiger partial charge < -0.3 is 4.74 Å². The summed E-state index contributed by atoms with van der Waals surface area (Å²) in [6.07, 6.45) is 0. The molecule has 32 heavy (non-hydrogen) atoms. The molecule has 0 aliphatic carbocycles. The Kier molecular flexibility index (Phi) is 5.75. The molecule has 0 saturated heterocycles. The van der Waals surface area contributed by atoms with Gasteiger partial charge in [0.25, 0.3) is 5.56 Å². The van der Waals surface area contributed by atoms with Gasteiger partial charge in [0.05, 0.1) is 35.8 Å². The molecule has 0 unspecified atom stereocenters. The van der Waals surface area contributed by atoms with Gasteiger partial charge in [0.2, 0.25) is 0 Å². The van der Waals surface area contributed by atoms with Gasteiger partial charge in [0, 0.05) is 10.6 Å². The highest BCUT2D eigenvalue weighted by atomic mass is 35.5. The lowest BCUT2D eigenvalue weighted by Gasteiger charge is -2.15. The second-order valence-corrected chi connectivity index (χ2v) is 7.40. The first-order valence-corrected chi connectivity index (χ1v) is 10.0. The van der Waals surface area contributed by atoms with E-state index in [0.29, 0.717) is 16.1 Å². The molecular formula is C24H17ClN2O5. The summed E-state index contributed by atoms with van der Waals surface area (Å²) in [6.45, 7) is -0.304.